The van der Waals surface area contributed by atoms with Crippen LogP contribution in [0.25, 0.3) is 0 Å². The zero-order chi connectivity index (χ0) is 13.8. The molecule has 0 amide bonds. The zero-order valence-electron chi connectivity index (χ0n) is 12.7. The average Bonchev–Trinajstić information content (AvgIpc) is 2.25. The van der Waals surface area contributed by atoms with Crippen molar-refractivity contribution in [2.75, 3.05) is 27.2 Å². The number of hydrogen-bond acceptors (Lipinski definition) is 2. The molecule has 1 aromatic carbocycles. The summed E-state index contributed by atoms with van der Waals surface area (Å²) in [6.45, 7) is 11.2. The molecule has 102 valence electrons. The second-order valence-corrected chi connectivity index (χ2v) is 6.36. The molecule has 0 saturated heterocycles. The molecule has 0 heterocycles. The molecule has 18 heavy (non-hydrogen) atoms. The Morgan fingerprint density at radius 2 is 1.83 bits per heavy atom. The highest BCUT2D eigenvalue weighted by Gasteiger charge is 2.20. The van der Waals surface area contributed by atoms with Crippen LogP contribution in [0.1, 0.15) is 37.9 Å². The van der Waals surface area contributed by atoms with E-state index in [4.69, 9.17) is 0 Å². The molecule has 0 aliphatic carbocycles. The Balaban J connectivity index is 2.56. The molecule has 0 saturated carbocycles. The predicted octanol–water partition coefficient (Wildman–Crippen LogP) is 3.23. The highest BCUT2D eigenvalue weighted by Crippen LogP contribution is 2.20. The van der Waals surface area contributed by atoms with Crippen LogP contribution in [0.15, 0.2) is 24.3 Å². The minimum absolute atomic E-state index is 0.292. The largest absolute Gasteiger partial charge is 0.310 e. The summed E-state index contributed by atoms with van der Waals surface area (Å²) in [6, 6.07) is 9.02. The van der Waals surface area contributed by atoms with E-state index in [1.807, 2.05) is 0 Å². The van der Waals surface area contributed by atoms with Crippen LogP contribution < -0.4 is 5.32 Å². The van der Waals surface area contributed by atoms with Gasteiger partial charge in [-0.05, 0) is 44.5 Å². The van der Waals surface area contributed by atoms with Crippen molar-refractivity contribution in [2.24, 2.45) is 5.41 Å². The smallest absolute Gasteiger partial charge is 0.0294 e. The van der Waals surface area contributed by atoms with Crippen molar-refractivity contribution in [3.8, 4) is 0 Å². The van der Waals surface area contributed by atoms with Gasteiger partial charge < -0.3 is 10.2 Å². The van der Waals surface area contributed by atoms with Crippen LogP contribution in [-0.2, 0) is 0 Å². The van der Waals surface area contributed by atoms with E-state index in [0.29, 0.717) is 11.5 Å². The Bertz CT molecular complexity index is 369. The lowest BCUT2D eigenvalue weighted by Crippen LogP contribution is -2.38. The van der Waals surface area contributed by atoms with E-state index >= 15 is 0 Å². The van der Waals surface area contributed by atoms with Crippen molar-refractivity contribution in [1.29, 1.82) is 0 Å². The molecule has 0 fully saturated rings. The monoisotopic (exact) mass is 248 g/mol. The van der Waals surface area contributed by atoms with Gasteiger partial charge in [0.2, 0.25) is 0 Å². The fourth-order valence-corrected chi connectivity index (χ4v) is 2.52. The van der Waals surface area contributed by atoms with Gasteiger partial charge >= 0.3 is 0 Å². The molecule has 2 nitrogen and oxygen atoms in total. The lowest BCUT2D eigenvalue weighted by atomic mass is 9.92. The SMILES string of the molecule is Cc1ccccc1C(C)NCC(C)(C)CN(C)C. The molecule has 0 bridgehead atoms. The normalized spacial score (nSPS) is 13.9. The molecule has 1 N–H and O–H groups in total. The van der Waals surface area contributed by atoms with Gasteiger partial charge in [0.1, 0.15) is 0 Å². The summed E-state index contributed by atoms with van der Waals surface area (Å²) in [7, 11) is 4.26. The second kappa shape index (κ2) is 6.35. The Morgan fingerprint density at radius 1 is 1.22 bits per heavy atom. The Labute approximate surface area is 112 Å². The van der Waals surface area contributed by atoms with Gasteiger partial charge in [0, 0.05) is 19.1 Å². The summed E-state index contributed by atoms with van der Waals surface area (Å²) in [5.74, 6) is 0. The first-order valence-electron chi connectivity index (χ1n) is 6.75. The number of rotatable bonds is 6. The van der Waals surface area contributed by atoms with Crippen molar-refractivity contribution >= 4 is 0 Å². The molecule has 1 rings (SSSR count). The van der Waals surface area contributed by atoms with E-state index in [1.54, 1.807) is 0 Å². The maximum absolute atomic E-state index is 3.66. The van der Waals surface area contributed by atoms with Gasteiger partial charge in [-0.3, -0.25) is 0 Å². The maximum Gasteiger partial charge on any atom is 0.0294 e. The van der Waals surface area contributed by atoms with E-state index < -0.39 is 0 Å². The van der Waals surface area contributed by atoms with Crippen molar-refractivity contribution in [3.63, 3.8) is 0 Å². The number of benzene rings is 1. The van der Waals surface area contributed by atoms with Crippen molar-refractivity contribution in [2.45, 2.75) is 33.7 Å². The molecule has 1 unspecified atom stereocenters. The van der Waals surface area contributed by atoms with Gasteiger partial charge in [-0.1, -0.05) is 38.1 Å². The molecular weight excluding hydrogens is 220 g/mol. The van der Waals surface area contributed by atoms with Gasteiger partial charge in [0.25, 0.3) is 0 Å². The maximum atomic E-state index is 3.66. The molecule has 1 aromatic rings. The third-order valence-electron chi connectivity index (χ3n) is 3.29. The molecule has 0 aliphatic heterocycles. The van der Waals surface area contributed by atoms with Crippen LogP contribution in [0.4, 0.5) is 0 Å². The van der Waals surface area contributed by atoms with Crippen LogP contribution in [0, 0.1) is 12.3 Å². The Kier molecular flexibility index (Phi) is 5.36. The number of nitrogens with one attached hydrogen (secondary N) is 1. The first-order chi connectivity index (χ1) is 8.32. The third-order valence-corrected chi connectivity index (χ3v) is 3.29. The Morgan fingerprint density at radius 3 is 2.39 bits per heavy atom. The minimum Gasteiger partial charge on any atom is -0.310 e. The molecule has 2 heteroatoms. The van der Waals surface area contributed by atoms with E-state index in [0.717, 1.165) is 13.1 Å². The number of nitrogens with zero attached hydrogens (tertiary/aromatic N) is 1. The first kappa shape index (κ1) is 15.2. The van der Waals surface area contributed by atoms with Gasteiger partial charge in [-0.25, -0.2) is 0 Å². The number of aryl methyl sites for hydroxylation is 1. The van der Waals surface area contributed by atoms with Crippen LogP contribution in [0.3, 0.4) is 0 Å². The average molecular weight is 248 g/mol. The summed E-state index contributed by atoms with van der Waals surface area (Å²) in [6.07, 6.45) is 0. The van der Waals surface area contributed by atoms with E-state index in [1.165, 1.54) is 11.1 Å². The van der Waals surface area contributed by atoms with Crippen molar-refractivity contribution < 1.29 is 0 Å². The summed E-state index contributed by atoms with van der Waals surface area (Å²) in [5, 5.41) is 3.66. The van der Waals surface area contributed by atoms with Gasteiger partial charge in [0.15, 0.2) is 0 Å². The summed E-state index contributed by atoms with van der Waals surface area (Å²) in [4.78, 5) is 2.25. The molecule has 0 spiro atoms. The fraction of sp³-hybridized carbons (Fsp3) is 0.625. The molecule has 0 aromatic heterocycles. The van der Waals surface area contributed by atoms with Gasteiger partial charge in [-0.2, -0.15) is 0 Å². The van der Waals surface area contributed by atoms with Crippen LogP contribution in [0.5, 0.6) is 0 Å². The van der Waals surface area contributed by atoms with Crippen molar-refractivity contribution in [1.82, 2.24) is 10.2 Å². The molecule has 0 radical (unpaired) electrons. The zero-order valence-corrected chi connectivity index (χ0v) is 12.7. The van der Waals surface area contributed by atoms with Crippen LogP contribution in [0.2, 0.25) is 0 Å². The highest BCUT2D eigenvalue weighted by molar-refractivity contribution is 5.28. The number of hydrogen-bond donors (Lipinski definition) is 1. The standard InChI is InChI=1S/C16H28N2/c1-13-9-7-8-10-15(13)14(2)17-11-16(3,4)12-18(5)6/h7-10,14,17H,11-12H2,1-6H3. The molecule has 1 atom stereocenters. The molecular formula is C16H28N2. The lowest BCUT2D eigenvalue weighted by molar-refractivity contribution is 0.227. The quantitative estimate of drug-likeness (QED) is 0.831. The first-order valence-corrected chi connectivity index (χ1v) is 6.75. The van der Waals surface area contributed by atoms with Gasteiger partial charge in [-0.15, -0.1) is 0 Å². The van der Waals surface area contributed by atoms with Crippen molar-refractivity contribution in [3.05, 3.63) is 35.4 Å². The van der Waals surface area contributed by atoms with E-state index in [2.05, 4.69) is 76.3 Å². The van der Waals surface area contributed by atoms with E-state index in [9.17, 15) is 0 Å². The summed E-state index contributed by atoms with van der Waals surface area (Å²) >= 11 is 0. The Hall–Kier alpha value is -0.860. The second-order valence-electron chi connectivity index (χ2n) is 6.36. The summed E-state index contributed by atoms with van der Waals surface area (Å²) in [5.41, 5.74) is 3.06. The third kappa shape index (κ3) is 4.79. The topological polar surface area (TPSA) is 15.3 Å². The fourth-order valence-electron chi connectivity index (χ4n) is 2.52. The predicted molar refractivity (Wildman–Crippen MR) is 79.9 cm³/mol. The van der Waals surface area contributed by atoms with Crippen LogP contribution >= 0.6 is 0 Å². The molecule has 0 aliphatic rings. The van der Waals surface area contributed by atoms with E-state index in [-0.39, 0.29) is 0 Å². The van der Waals surface area contributed by atoms with Gasteiger partial charge in [0.05, 0.1) is 0 Å². The highest BCUT2D eigenvalue weighted by atomic mass is 15.1. The lowest BCUT2D eigenvalue weighted by Gasteiger charge is -2.30. The summed E-state index contributed by atoms with van der Waals surface area (Å²) < 4.78 is 0. The van der Waals surface area contributed by atoms with Crippen LogP contribution in [-0.4, -0.2) is 32.1 Å². The minimum atomic E-state index is 0.292.